The lowest BCUT2D eigenvalue weighted by Gasteiger charge is -2.19. The van der Waals surface area contributed by atoms with Crippen LogP contribution in [0, 0.1) is 5.92 Å². The Morgan fingerprint density at radius 1 is 1.33 bits per heavy atom. The van der Waals surface area contributed by atoms with Crippen molar-refractivity contribution in [1.82, 2.24) is 5.43 Å². The highest BCUT2D eigenvalue weighted by molar-refractivity contribution is 9.10. The summed E-state index contributed by atoms with van der Waals surface area (Å²) in [6, 6.07) is 11.9. The van der Waals surface area contributed by atoms with Gasteiger partial charge in [-0.1, -0.05) is 37.3 Å². The summed E-state index contributed by atoms with van der Waals surface area (Å²) in [5.41, 5.74) is 3.69. The lowest BCUT2D eigenvalue weighted by Crippen LogP contribution is -2.27. The molecule has 2 aromatic carbocycles. The Morgan fingerprint density at radius 2 is 2.17 bits per heavy atom. The average Bonchev–Trinajstić information content (AvgIpc) is 2.60. The molecule has 0 aliphatic heterocycles. The molecule has 0 heterocycles. The van der Waals surface area contributed by atoms with Crippen LogP contribution in [0.4, 0.5) is 0 Å². The first-order valence-corrected chi connectivity index (χ1v) is 9.07. The summed E-state index contributed by atoms with van der Waals surface area (Å²) in [5, 5.41) is 6.43. The number of hydrogen-bond acceptors (Lipinski definition) is 3. The standard InChI is InChI=1S/C19H21BrN2O2/c1-13-5-4-7-15(11-13)21-22-18(23)12-24-17-10-9-14-6-2-3-8-16(14)19(17)20/h2-3,6,8-10,13H,4-5,7,11-12H2,1H3,(H,22,23)/b21-15-/t13-/m1/s1. The van der Waals surface area contributed by atoms with Crippen LogP contribution in [0.5, 0.6) is 5.75 Å². The number of hydrazone groups is 1. The summed E-state index contributed by atoms with van der Waals surface area (Å²) < 4.78 is 6.50. The number of nitrogens with zero attached hydrogens (tertiary/aromatic N) is 1. The highest BCUT2D eigenvalue weighted by Gasteiger charge is 2.14. The van der Waals surface area contributed by atoms with Gasteiger partial charge in [-0.2, -0.15) is 5.10 Å². The third-order valence-electron chi connectivity index (χ3n) is 4.27. The smallest absolute Gasteiger partial charge is 0.277 e. The van der Waals surface area contributed by atoms with Gasteiger partial charge in [-0.15, -0.1) is 0 Å². The minimum atomic E-state index is -0.235. The molecular weight excluding hydrogens is 368 g/mol. The van der Waals surface area contributed by atoms with Crippen molar-refractivity contribution < 1.29 is 9.53 Å². The summed E-state index contributed by atoms with van der Waals surface area (Å²) in [7, 11) is 0. The van der Waals surface area contributed by atoms with Gasteiger partial charge in [0.05, 0.1) is 4.47 Å². The summed E-state index contributed by atoms with van der Waals surface area (Å²) in [4.78, 5) is 12.0. The molecule has 0 saturated heterocycles. The molecule has 3 rings (SSSR count). The number of benzene rings is 2. The van der Waals surface area contributed by atoms with Gasteiger partial charge in [0, 0.05) is 5.71 Å². The first kappa shape index (κ1) is 17.0. The van der Waals surface area contributed by atoms with Crippen LogP contribution in [-0.2, 0) is 4.79 Å². The lowest BCUT2D eigenvalue weighted by molar-refractivity contribution is -0.123. The zero-order valence-corrected chi connectivity index (χ0v) is 15.3. The second-order valence-electron chi connectivity index (χ2n) is 6.30. The zero-order valence-electron chi connectivity index (χ0n) is 13.7. The number of ether oxygens (including phenoxy) is 1. The second-order valence-corrected chi connectivity index (χ2v) is 7.10. The van der Waals surface area contributed by atoms with Crippen molar-refractivity contribution in [1.29, 1.82) is 0 Å². The van der Waals surface area contributed by atoms with E-state index in [9.17, 15) is 4.79 Å². The molecule has 2 aromatic rings. The highest BCUT2D eigenvalue weighted by atomic mass is 79.9. The van der Waals surface area contributed by atoms with Crippen LogP contribution in [0.3, 0.4) is 0 Å². The number of fused-ring (bicyclic) bond motifs is 1. The number of rotatable bonds is 4. The number of carbonyl (C=O) groups excluding carboxylic acids is 1. The molecule has 1 amide bonds. The molecule has 4 nitrogen and oxygen atoms in total. The first-order chi connectivity index (χ1) is 11.6. The SMILES string of the molecule is C[C@@H]1CCC/C(=N/NC(=O)COc2ccc3ccccc3c2Br)C1. The van der Waals surface area contributed by atoms with E-state index in [0.717, 1.165) is 40.2 Å². The van der Waals surface area contributed by atoms with Crippen LogP contribution >= 0.6 is 15.9 Å². The van der Waals surface area contributed by atoms with Crippen LogP contribution in [0.2, 0.25) is 0 Å². The van der Waals surface area contributed by atoms with Crippen molar-refractivity contribution in [3.8, 4) is 5.75 Å². The molecule has 1 saturated carbocycles. The zero-order chi connectivity index (χ0) is 16.9. The molecule has 0 bridgehead atoms. The number of nitrogens with one attached hydrogen (secondary N) is 1. The van der Waals surface area contributed by atoms with Crippen LogP contribution < -0.4 is 10.2 Å². The molecule has 1 N–H and O–H groups in total. The minimum absolute atomic E-state index is 0.0523. The Bertz CT molecular complexity index is 773. The van der Waals surface area contributed by atoms with Crippen molar-refractivity contribution in [3.05, 3.63) is 40.9 Å². The van der Waals surface area contributed by atoms with Crippen LogP contribution in [0.1, 0.15) is 32.6 Å². The van der Waals surface area contributed by atoms with E-state index in [1.54, 1.807) is 0 Å². The minimum Gasteiger partial charge on any atom is -0.483 e. The van der Waals surface area contributed by atoms with E-state index in [0.29, 0.717) is 11.7 Å². The van der Waals surface area contributed by atoms with E-state index in [1.165, 1.54) is 6.42 Å². The highest BCUT2D eigenvalue weighted by Crippen LogP contribution is 2.32. The topological polar surface area (TPSA) is 50.7 Å². The van der Waals surface area contributed by atoms with Crippen molar-refractivity contribution in [3.63, 3.8) is 0 Å². The normalized spacial score (nSPS) is 19.4. The van der Waals surface area contributed by atoms with E-state index < -0.39 is 0 Å². The van der Waals surface area contributed by atoms with Gasteiger partial charge < -0.3 is 4.74 Å². The van der Waals surface area contributed by atoms with Crippen LogP contribution in [0.15, 0.2) is 46.0 Å². The van der Waals surface area contributed by atoms with Gasteiger partial charge in [0.2, 0.25) is 0 Å². The second kappa shape index (κ2) is 7.79. The number of halogens is 1. The molecule has 5 heteroatoms. The fourth-order valence-electron chi connectivity index (χ4n) is 3.00. The van der Waals surface area contributed by atoms with Crippen LogP contribution in [-0.4, -0.2) is 18.2 Å². The molecule has 1 fully saturated rings. The predicted octanol–water partition coefficient (Wildman–Crippen LogP) is 4.66. The number of hydrogen-bond donors (Lipinski definition) is 1. The maximum atomic E-state index is 12.0. The van der Waals surface area contributed by atoms with Gasteiger partial charge in [0.25, 0.3) is 5.91 Å². The average molecular weight is 389 g/mol. The van der Waals surface area contributed by atoms with Crippen molar-refractivity contribution in [2.24, 2.45) is 11.0 Å². The first-order valence-electron chi connectivity index (χ1n) is 8.28. The maximum absolute atomic E-state index is 12.0. The fraction of sp³-hybridized carbons (Fsp3) is 0.368. The Kier molecular flexibility index (Phi) is 5.51. The Balaban J connectivity index is 1.58. The summed E-state index contributed by atoms with van der Waals surface area (Å²) in [6.45, 7) is 2.17. The van der Waals surface area contributed by atoms with Gasteiger partial charge in [-0.25, -0.2) is 5.43 Å². The van der Waals surface area contributed by atoms with E-state index in [1.807, 2.05) is 36.4 Å². The van der Waals surface area contributed by atoms with E-state index in [-0.39, 0.29) is 12.5 Å². The summed E-state index contributed by atoms with van der Waals surface area (Å²) >= 11 is 3.56. The molecule has 1 aliphatic rings. The molecule has 0 aromatic heterocycles. The third kappa shape index (κ3) is 4.15. The fourth-order valence-corrected chi connectivity index (χ4v) is 3.61. The largest absolute Gasteiger partial charge is 0.483 e. The third-order valence-corrected chi connectivity index (χ3v) is 5.09. The van der Waals surface area contributed by atoms with Gasteiger partial charge in [0.15, 0.2) is 6.61 Å². The summed E-state index contributed by atoms with van der Waals surface area (Å²) in [5.74, 6) is 1.07. The molecule has 0 spiro atoms. The van der Waals surface area contributed by atoms with Gasteiger partial charge in [0.1, 0.15) is 5.75 Å². The molecule has 0 unspecified atom stereocenters. The van der Waals surface area contributed by atoms with E-state index in [4.69, 9.17) is 4.74 Å². The number of amides is 1. The molecular formula is C19H21BrN2O2. The molecule has 1 aliphatic carbocycles. The Hall–Kier alpha value is -1.88. The molecule has 0 radical (unpaired) electrons. The number of carbonyl (C=O) groups is 1. The van der Waals surface area contributed by atoms with E-state index >= 15 is 0 Å². The summed E-state index contributed by atoms with van der Waals surface area (Å²) in [6.07, 6.45) is 4.33. The predicted molar refractivity (Wildman–Crippen MR) is 100 cm³/mol. The Labute approximate surface area is 150 Å². The Morgan fingerprint density at radius 3 is 3.00 bits per heavy atom. The lowest BCUT2D eigenvalue weighted by atomic mass is 9.89. The van der Waals surface area contributed by atoms with Gasteiger partial charge >= 0.3 is 0 Å². The van der Waals surface area contributed by atoms with Crippen molar-refractivity contribution in [2.75, 3.05) is 6.61 Å². The molecule has 126 valence electrons. The quantitative estimate of drug-likeness (QED) is 0.773. The molecule has 24 heavy (non-hydrogen) atoms. The van der Waals surface area contributed by atoms with Crippen molar-refractivity contribution in [2.45, 2.75) is 32.6 Å². The molecule has 1 atom stereocenters. The van der Waals surface area contributed by atoms with Gasteiger partial charge in [-0.05, 0) is 64.4 Å². The van der Waals surface area contributed by atoms with Crippen molar-refractivity contribution >= 4 is 38.3 Å². The van der Waals surface area contributed by atoms with E-state index in [2.05, 4.69) is 33.4 Å². The maximum Gasteiger partial charge on any atom is 0.277 e. The van der Waals surface area contributed by atoms with Gasteiger partial charge in [-0.3, -0.25) is 4.79 Å². The monoisotopic (exact) mass is 388 g/mol. The van der Waals surface area contributed by atoms with Crippen LogP contribution in [0.25, 0.3) is 10.8 Å².